The molecule has 0 bridgehead atoms. The van der Waals surface area contributed by atoms with Crippen LogP contribution >= 0.6 is 0 Å². The van der Waals surface area contributed by atoms with E-state index in [2.05, 4.69) is 25.7 Å². The molecular formula is C15H30N2O. The Kier molecular flexibility index (Phi) is 4.35. The second kappa shape index (κ2) is 5.48. The second-order valence-corrected chi connectivity index (χ2v) is 7.17. The minimum atomic E-state index is 0.170. The Morgan fingerprint density at radius 2 is 1.94 bits per heavy atom. The lowest BCUT2D eigenvalue weighted by Crippen LogP contribution is -2.57. The van der Waals surface area contributed by atoms with Crippen molar-refractivity contribution < 1.29 is 4.74 Å². The molecule has 0 radical (unpaired) electrons. The first kappa shape index (κ1) is 14.3. The lowest BCUT2D eigenvalue weighted by molar-refractivity contribution is -0.0729. The van der Waals surface area contributed by atoms with Crippen LogP contribution in [0.4, 0.5) is 0 Å². The summed E-state index contributed by atoms with van der Waals surface area (Å²) in [6, 6.07) is 0. The molecular weight excluding hydrogens is 224 g/mol. The molecule has 2 fully saturated rings. The summed E-state index contributed by atoms with van der Waals surface area (Å²) < 4.78 is 5.61. The van der Waals surface area contributed by atoms with Crippen molar-refractivity contribution in [2.45, 2.75) is 52.0 Å². The molecule has 1 aliphatic carbocycles. The maximum Gasteiger partial charge on any atom is 0.0645 e. The van der Waals surface area contributed by atoms with Crippen molar-refractivity contribution in [1.29, 1.82) is 0 Å². The highest BCUT2D eigenvalue weighted by atomic mass is 16.5. The van der Waals surface area contributed by atoms with E-state index in [0.29, 0.717) is 5.41 Å². The molecule has 18 heavy (non-hydrogen) atoms. The summed E-state index contributed by atoms with van der Waals surface area (Å²) >= 11 is 0. The van der Waals surface area contributed by atoms with Crippen LogP contribution in [0.2, 0.25) is 0 Å². The molecule has 0 atom stereocenters. The number of hydrogen-bond donors (Lipinski definition) is 1. The fourth-order valence-corrected chi connectivity index (χ4v) is 3.39. The summed E-state index contributed by atoms with van der Waals surface area (Å²) in [7, 11) is 0. The maximum atomic E-state index is 6.13. The summed E-state index contributed by atoms with van der Waals surface area (Å²) in [6.45, 7) is 11.7. The van der Waals surface area contributed by atoms with E-state index in [0.717, 1.165) is 38.8 Å². The Hall–Kier alpha value is -0.120. The maximum absolute atomic E-state index is 6.13. The van der Waals surface area contributed by atoms with Gasteiger partial charge in [0.25, 0.3) is 0 Å². The normalized spacial score (nSPS) is 37.7. The van der Waals surface area contributed by atoms with Crippen LogP contribution in [-0.2, 0) is 4.74 Å². The molecule has 1 aliphatic heterocycles. The van der Waals surface area contributed by atoms with Gasteiger partial charge in [-0.1, -0.05) is 19.8 Å². The zero-order valence-corrected chi connectivity index (χ0v) is 12.4. The molecule has 0 spiro atoms. The van der Waals surface area contributed by atoms with Gasteiger partial charge in [-0.25, -0.2) is 0 Å². The van der Waals surface area contributed by atoms with Crippen LogP contribution in [0.5, 0.6) is 0 Å². The van der Waals surface area contributed by atoms with Crippen molar-refractivity contribution >= 4 is 0 Å². The standard InChI is InChI=1S/C15H30N2O/c1-13-4-6-15(10-16,7-5-13)11-17-8-9-18-12-14(17,2)3/h13H,4-12,16H2,1-3H3. The van der Waals surface area contributed by atoms with Gasteiger partial charge >= 0.3 is 0 Å². The molecule has 1 heterocycles. The Balaban J connectivity index is 2.01. The Labute approximate surface area is 112 Å². The quantitative estimate of drug-likeness (QED) is 0.839. The number of ether oxygens (including phenoxy) is 1. The smallest absolute Gasteiger partial charge is 0.0645 e. The minimum Gasteiger partial charge on any atom is -0.378 e. The van der Waals surface area contributed by atoms with Gasteiger partial charge in [0.1, 0.15) is 0 Å². The predicted molar refractivity (Wildman–Crippen MR) is 75.6 cm³/mol. The third-order valence-electron chi connectivity index (χ3n) is 5.11. The molecule has 3 nitrogen and oxygen atoms in total. The SMILES string of the molecule is CC1CCC(CN)(CN2CCOCC2(C)C)CC1. The van der Waals surface area contributed by atoms with Crippen molar-refractivity contribution in [1.82, 2.24) is 4.90 Å². The summed E-state index contributed by atoms with van der Waals surface area (Å²) in [5, 5.41) is 0. The number of nitrogens with zero attached hydrogens (tertiary/aromatic N) is 1. The van der Waals surface area contributed by atoms with Crippen LogP contribution < -0.4 is 5.73 Å². The fraction of sp³-hybridized carbons (Fsp3) is 1.00. The van der Waals surface area contributed by atoms with Crippen LogP contribution in [0.1, 0.15) is 46.5 Å². The fourth-order valence-electron chi connectivity index (χ4n) is 3.39. The molecule has 2 aliphatic rings. The number of rotatable bonds is 3. The topological polar surface area (TPSA) is 38.5 Å². The lowest BCUT2D eigenvalue weighted by Gasteiger charge is -2.49. The van der Waals surface area contributed by atoms with Gasteiger partial charge in [0.05, 0.1) is 13.2 Å². The molecule has 106 valence electrons. The van der Waals surface area contributed by atoms with E-state index in [1.165, 1.54) is 25.7 Å². The van der Waals surface area contributed by atoms with Gasteiger partial charge in [-0.3, -0.25) is 4.90 Å². The van der Waals surface area contributed by atoms with Crippen molar-refractivity contribution in [2.24, 2.45) is 17.1 Å². The molecule has 0 amide bonds. The van der Waals surface area contributed by atoms with Gasteiger partial charge in [0, 0.05) is 18.6 Å². The van der Waals surface area contributed by atoms with Crippen molar-refractivity contribution in [3.63, 3.8) is 0 Å². The first-order valence-electron chi connectivity index (χ1n) is 7.50. The van der Waals surface area contributed by atoms with Gasteiger partial charge in [0.2, 0.25) is 0 Å². The average Bonchev–Trinajstić information content (AvgIpc) is 2.35. The second-order valence-electron chi connectivity index (χ2n) is 7.17. The van der Waals surface area contributed by atoms with Gasteiger partial charge < -0.3 is 10.5 Å². The summed E-state index contributed by atoms with van der Waals surface area (Å²) in [5.74, 6) is 0.891. The zero-order chi connectivity index (χ0) is 13.2. The minimum absolute atomic E-state index is 0.170. The molecule has 3 heteroatoms. The Morgan fingerprint density at radius 3 is 2.50 bits per heavy atom. The highest BCUT2D eigenvalue weighted by molar-refractivity contribution is 4.93. The van der Waals surface area contributed by atoms with E-state index < -0.39 is 0 Å². The average molecular weight is 254 g/mol. The van der Waals surface area contributed by atoms with E-state index in [1.807, 2.05) is 0 Å². The van der Waals surface area contributed by atoms with Crippen molar-refractivity contribution in [2.75, 3.05) is 32.8 Å². The van der Waals surface area contributed by atoms with E-state index in [-0.39, 0.29) is 5.54 Å². The largest absolute Gasteiger partial charge is 0.378 e. The third kappa shape index (κ3) is 3.06. The number of hydrogen-bond acceptors (Lipinski definition) is 3. The van der Waals surface area contributed by atoms with Crippen LogP contribution in [0.15, 0.2) is 0 Å². The van der Waals surface area contributed by atoms with Crippen LogP contribution in [0, 0.1) is 11.3 Å². The first-order valence-corrected chi connectivity index (χ1v) is 7.50. The van der Waals surface area contributed by atoms with E-state index in [9.17, 15) is 0 Å². The molecule has 1 saturated carbocycles. The van der Waals surface area contributed by atoms with Crippen LogP contribution in [0.3, 0.4) is 0 Å². The molecule has 0 aromatic rings. The van der Waals surface area contributed by atoms with Crippen LogP contribution in [-0.4, -0.2) is 43.3 Å². The van der Waals surface area contributed by atoms with Gasteiger partial charge in [-0.05, 0) is 44.6 Å². The lowest BCUT2D eigenvalue weighted by atomic mass is 9.70. The molecule has 0 aromatic carbocycles. The molecule has 1 saturated heterocycles. The number of morpholine rings is 1. The van der Waals surface area contributed by atoms with Gasteiger partial charge in [-0.2, -0.15) is 0 Å². The first-order chi connectivity index (χ1) is 8.47. The Morgan fingerprint density at radius 1 is 1.28 bits per heavy atom. The van der Waals surface area contributed by atoms with Crippen molar-refractivity contribution in [3.8, 4) is 0 Å². The van der Waals surface area contributed by atoms with Crippen molar-refractivity contribution in [3.05, 3.63) is 0 Å². The summed E-state index contributed by atoms with van der Waals surface area (Å²) in [6.07, 6.45) is 5.31. The van der Waals surface area contributed by atoms with Crippen LogP contribution in [0.25, 0.3) is 0 Å². The van der Waals surface area contributed by atoms with E-state index in [4.69, 9.17) is 10.5 Å². The third-order valence-corrected chi connectivity index (χ3v) is 5.11. The Bertz CT molecular complexity index is 270. The molecule has 2 N–H and O–H groups in total. The van der Waals surface area contributed by atoms with Gasteiger partial charge in [-0.15, -0.1) is 0 Å². The highest BCUT2D eigenvalue weighted by Gasteiger charge is 2.39. The predicted octanol–water partition coefficient (Wildman–Crippen LogP) is 2.25. The molecule has 0 unspecified atom stereocenters. The van der Waals surface area contributed by atoms with E-state index in [1.54, 1.807) is 0 Å². The van der Waals surface area contributed by atoms with Gasteiger partial charge in [0.15, 0.2) is 0 Å². The zero-order valence-electron chi connectivity index (χ0n) is 12.4. The summed E-state index contributed by atoms with van der Waals surface area (Å²) in [5.41, 5.74) is 6.66. The highest BCUT2D eigenvalue weighted by Crippen LogP contribution is 2.40. The monoisotopic (exact) mass is 254 g/mol. The number of nitrogens with two attached hydrogens (primary N) is 1. The van der Waals surface area contributed by atoms with E-state index >= 15 is 0 Å². The molecule has 0 aromatic heterocycles. The molecule has 2 rings (SSSR count). The summed E-state index contributed by atoms with van der Waals surface area (Å²) in [4.78, 5) is 2.61.